The van der Waals surface area contributed by atoms with Gasteiger partial charge in [-0.25, -0.2) is 0 Å². The summed E-state index contributed by atoms with van der Waals surface area (Å²) in [6.07, 6.45) is 1.75. The number of nitrogens with zero attached hydrogens (tertiary/aromatic N) is 4. The number of rotatable bonds is 5. The molecule has 0 saturated carbocycles. The maximum Gasteiger partial charge on any atom is 0.283 e. The van der Waals surface area contributed by atoms with E-state index in [0.29, 0.717) is 10.2 Å². The second kappa shape index (κ2) is 9.28. The minimum Gasteiger partial charge on any atom is -0.486 e. The number of hydrogen-bond acceptors (Lipinski definition) is 5. The summed E-state index contributed by atoms with van der Waals surface area (Å²) in [4.78, 5) is 17.2. The van der Waals surface area contributed by atoms with Crippen LogP contribution in [-0.4, -0.2) is 38.1 Å². The zero-order valence-electron chi connectivity index (χ0n) is 20.9. The lowest BCUT2D eigenvalue weighted by Gasteiger charge is -2.20. The number of thioether (sulfide) groups is 1. The van der Waals surface area contributed by atoms with Gasteiger partial charge in [-0.1, -0.05) is 36.4 Å². The minimum absolute atomic E-state index is 0.0141. The van der Waals surface area contributed by atoms with Crippen LogP contribution in [0.4, 0.5) is 0 Å². The molecule has 8 heteroatoms. The predicted molar refractivity (Wildman–Crippen MR) is 146 cm³/mol. The molecule has 5 rings (SSSR count). The van der Waals surface area contributed by atoms with Gasteiger partial charge in [-0.2, -0.15) is 15.1 Å². The molecule has 0 aliphatic carbocycles. The zero-order valence-corrected chi connectivity index (χ0v) is 21.7. The molecular weight excluding hydrogens is 470 g/mol. The van der Waals surface area contributed by atoms with Crippen LogP contribution in [0, 0.1) is 40.0 Å². The minimum atomic E-state index is -0.438. The number of fused-ring (bicyclic) bond motifs is 1. The summed E-state index contributed by atoms with van der Waals surface area (Å²) in [6.45, 7) is 10.5. The molecule has 1 N–H and O–H groups in total. The maximum absolute atomic E-state index is 12.9. The van der Waals surface area contributed by atoms with Crippen molar-refractivity contribution >= 4 is 39.8 Å². The van der Waals surface area contributed by atoms with Gasteiger partial charge in [0.15, 0.2) is 5.84 Å². The van der Waals surface area contributed by atoms with E-state index < -0.39 is 5.91 Å². The van der Waals surface area contributed by atoms with E-state index in [0.717, 1.165) is 34.0 Å². The molecular formula is C28H27N5O2S. The van der Waals surface area contributed by atoms with Gasteiger partial charge in [0.1, 0.15) is 17.4 Å². The summed E-state index contributed by atoms with van der Waals surface area (Å²) in [7, 11) is 0. The first-order chi connectivity index (χ1) is 17.2. The number of benzene rings is 2. The molecule has 1 amide bonds. The van der Waals surface area contributed by atoms with Gasteiger partial charge < -0.3 is 9.30 Å². The number of carbonyl (C=O) groups is 1. The van der Waals surface area contributed by atoms with E-state index in [1.54, 1.807) is 6.08 Å². The van der Waals surface area contributed by atoms with Crippen molar-refractivity contribution in [2.24, 2.45) is 10.1 Å². The molecule has 0 saturated heterocycles. The summed E-state index contributed by atoms with van der Waals surface area (Å²) in [5, 5.41) is 15.7. The van der Waals surface area contributed by atoms with Crippen LogP contribution in [0.15, 0.2) is 64.2 Å². The van der Waals surface area contributed by atoms with Gasteiger partial charge in [-0.15, -0.1) is 0 Å². The van der Waals surface area contributed by atoms with Crippen LogP contribution in [0.2, 0.25) is 0 Å². The first-order valence-corrected chi connectivity index (χ1v) is 12.5. The largest absolute Gasteiger partial charge is 0.486 e. The molecule has 0 radical (unpaired) electrons. The van der Waals surface area contributed by atoms with Crippen LogP contribution in [-0.2, 0) is 4.79 Å². The van der Waals surface area contributed by atoms with E-state index in [1.807, 2.05) is 51.1 Å². The number of carbonyl (C=O) groups excluding carboxylic acids is 1. The normalized spacial score (nSPS) is 16.4. The van der Waals surface area contributed by atoms with Gasteiger partial charge in [0.2, 0.25) is 5.17 Å². The monoisotopic (exact) mass is 497 g/mol. The summed E-state index contributed by atoms with van der Waals surface area (Å²) in [5.74, 6) is 0.353. The van der Waals surface area contributed by atoms with E-state index in [4.69, 9.17) is 10.1 Å². The number of nitrogens with one attached hydrogen (secondary N) is 1. The number of amidine groups is 2. The van der Waals surface area contributed by atoms with Crippen molar-refractivity contribution < 1.29 is 9.53 Å². The molecule has 0 unspecified atom stereocenters. The van der Waals surface area contributed by atoms with Crippen LogP contribution in [0.1, 0.15) is 33.6 Å². The molecule has 2 aliphatic heterocycles. The highest BCUT2D eigenvalue weighted by Crippen LogP contribution is 2.31. The van der Waals surface area contributed by atoms with Crippen molar-refractivity contribution in [2.75, 3.05) is 6.61 Å². The molecule has 0 atom stereocenters. The molecule has 1 aromatic heterocycles. The number of ether oxygens (including phenoxy) is 1. The first kappa shape index (κ1) is 23.8. The summed E-state index contributed by atoms with van der Waals surface area (Å²) in [5.41, 5.74) is 7.67. The fourth-order valence-corrected chi connectivity index (χ4v) is 5.34. The molecule has 0 bridgehead atoms. The SMILES string of the molecule is Cc1ccccc1OCC1=NN2C(=N)/C(=C/c3cc(C)n(-c4c(C)cccc4C)c3C)C(=O)N=C2S1. The van der Waals surface area contributed by atoms with Gasteiger partial charge in [0, 0.05) is 11.4 Å². The number of para-hydroxylation sites is 2. The molecule has 2 aromatic carbocycles. The van der Waals surface area contributed by atoms with Crippen molar-refractivity contribution in [3.63, 3.8) is 0 Å². The highest BCUT2D eigenvalue weighted by atomic mass is 32.2. The molecule has 3 heterocycles. The smallest absolute Gasteiger partial charge is 0.283 e. The first-order valence-electron chi connectivity index (χ1n) is 11.7. The lowest BCUT2D eigenvalue weighted by Crippen LogP contribution is -2.35. The van der Waals surface area contributed by atoms with Crippen molar-refractivity contribution in [1.82, 2.24) is 9.58 Å². The van der Waals surface area contributed by atoms with E-state index >= 15 is 0 Å². The zero-order chi connectivity index (χ0) is 25.6. The number of aromatic nitrogens is 1. The van der Waals surface area contributed by atoms with E-state index in [2.05, 4.69) is 46.7 Å². The molecule has 0 fully saturated rings. The summed E-state index contributed by atoms with van der Waals surface area (Å²) >= 11 is 1.25. The number of aryl methyl sites for hydroxylation is 4. The standard InChI is InChI=1S/C28H27N5O2S/c1-16-9-6-7-12-23(16)35-15-24-31-33-26(29)22(27(34)30-28(33)36-24)14-21-13-19(4)32(20(21)5)25-17(2)10-8-11-18(25)3/h6-14,29H,15H2,1-5H3/b22-14-,29-26?. The number of amides is 1. The average molecular weight is 498 g/mol. The Balaban J connectivity index is 1.43. The Morgan fingerprint density at radius 3 is 2.42 bits per heavy atom. The Labute approximate surface area is 214 Å². The third-order valence-corrected chi connectivity index (χ3v) is 7.26. The molecule has 182 valence electrons. The van der Waals surface area contributed by atoms with Gasteiger partial charge >= 0.3 is 0 Å². The van der Waals surface area contributed by atoms with E-state index in [1.165, 1.54) is 27.9 Å². The third kappa shape index (κ3) is 4.18. The Bertz CT molecular complexity index is 1490. The summed E-state index contributed by atoms with van der Waals surface area (Å²) < 4.78 is 8.10. The topological polar surface area (TPSA) is 83.0 Å². The highest BCUT2D eigenvalue weighted by Gasteiger charge is 2.36. The van der Waals surface area contributed by atoms with E-state index in [9.17, 15) is 4.79 Å². The van der Waals surface area contributed by atoms with Crippen molar-refractivity contribution in [2.45, 2.75) is 34.6 Å². The van der Waals surface area contributed by atoms with Crippen molar-refractivity contribution in [3.8, 4) is 11.4 Å². The van der Waals surface area contributed by atoms with Gasteiger partial charge in [0.25, 0.3) is 5.91 Å². The second-order valence-corrected chi connectivity index (χ2v) is 10.0. The molecule has 0 spiro atoms. The maximum atomic E-state index is 12.9. The molecule has 3 aromatic rings. The highest BCUT2D eigenvalue weighted by molar-refractivity contribution is 8.27. The van der Waals surface area contributed by atoms with Gasteiger partial charge in [-0.05, 0) is 86.8 Å². The quantitative estimate of drug-likeness (QED) is 0.457. The fraction of sp³-hybridized carbons (Fsp3) is 0.214. The lowest BCUT2D eigenvalue weighted by molar-refractivity contribution is -0.114. The number of aliphatic imine (C=N–C) groups is 1. The van der Waals surface area contributed by atoms with Crippen LogP contribution < -0.4 is 4.74 Å². The van der Waals surface area contributed by atoms with Crippen LogP contribution >= 0.6 is 11.8 Å². The second-order valence-electron chi connectivity index (χ2n) is 8.97. The Morgan fingerprint density at radius 2 is 1.69 bits per heavy atom. The third-order valence-electron chi connectivity index (χ3n) is 6.37. The number of hydrogen-bond donors (Lipinski definition) is 1. The predicted octanol–water partition coefficient (Wildman–Crippen LogP) is 5.72. The molecule has 36 heavy (non-hydrogen) atoms. The van der Waals surface area contributed by atoms with Crippen LogP contribution in [0.3, 0.4) is 0 Å². The van der Waals surface area contributed by atoms with Gasteiger partial charge in [-0.3, -0.25) is 10.2 Å². The van der Waals surface area contributed by atoms with Crippen molar-refractivity contribution in [1.29, 1.82) is 5.41 Å². The van der Waals surface area contributed by atoms with Crippen molar-refractivity contribution in [3.05, 3.63) is 87.7 Å². The van der Waals surface area contributed by atoms with E-state index in [-0.39, 0.29) is 18.0 Å². The Kier molecular flexibility index (Phi) is 6.14. The fourth-order valence-electron chi connectivity index (χ4n) is 4.54. The summed E-state index contributed by atoms with van der Waals surface area (Å²) in [6, 6.07) is 16.0. The van der Waals surface area contributed by atoms with Gasteiger partial charge in [0.05, 0.1) is 11.3 Å². The Morgan fingerprint density at radius 1 is 1.00 bits per heavy atom. The lowest BCUT2D eigenvalue weighted by atomic mass is 10.1. The van der Waals surface area contributed by atoms with Crippen LogP contribution in [0.5, 0.6) is 5.75 Å². The Hall–Kier alpha value is -3.91. The number of hydrazone groups is 1. The molecule has 7 nitrogen and oxygen atoms in total. The van der Waals surface area contributed by atoms with Crippen LogP contribution in [0.25, 0.3) is 11.8 Å². The average Bonchev–Trinajstić information content (AvgIpc) is 3.36. The molecule has 2 aliphatic rings.